The zero-order valence-electron chi connectivity index (χ0n) is 13.1. The summed E-state index contributed by atoms with van der Waals surface area (Å²) in [5, 5.41) is 4.09. The summed E-state index contributed by atoms with van der Waals surface area (Å²) in [7, 11) is 0. The Morgan fingerprint density at radius 1 is 1.20 bits per heavy atom. The first kappa shape index (κ1) is 17.6. The van der Waals surface area contributed by atoms with Crippen molar-refractivity contribution in [3.8, 4) is 5.75 Å². The topological polar surface area (TPSA) is 38.3 Å². The highest BCUT2D eigenvalue weighted by Crippen LogP contribution is 2.35. The first-order chi connectivity index (χ1) is 12.0. The lowest BCUT2D eigenvalue weighted by molar-refractivity contribution is -0.0499. The zero-order chi connectivity index (χ0) is 18.0. The molecule has 1 unspecified atom stereocenters. The van der Waals surface area contributed by atoms with Crippen LogP contribution in [0.15, 0.2) is 48.5 Å². The SMILES string of the molecule is CC(NC(=O)c1sc2ccccc2c1Cl)c1cccc(OC(F)F)c1. The van der Waals surface area contributed by atoms with Crippen LogP contribution in [0.3, 0.4) is 0 Å². The van der Waals surface area contributed by atoms with E-state index in [0.29, 0.717) is 15.5 Å². The fraction of sp³-hybridized carbons (Fsp3) is 0.167. The second-order valence-electron chi connectivity index (χ2n) is 5.39. The third-order valence-electron chi connectivity index (χ3n) is 3.67. The molecule has 0 aliphatic rings. The standard InChI is InChI=1S/C18H14ClF2NO2S/c1-10(11-5-4-6-12(9-11)24-18(20)21)22-17(23)16-15(19)13-7-2-3-8-14(13)25-16/h2-10,18H,1H3,(H,22,23). The van der Waals surface area contributed by atoms with Gasteiger partial charge in [-0.3, -0.25) is 4.79 Å². The highest BCUT2D eigenvalue weighted by Gasteiger charge is 2.19. The van der Waals surface area contributed by atoms with Crippen LogP contribution in [0.4, 0.5) is 8.78 Å². The first-order valence-corrected chi connectivity index (χ1v) is 8.68. The van der Waals surface area contributed by atoms with E-state index in [1.807, 2.05) is 24.3 Å². The highest BCUT2D eigenvalue weighted by molar-refractivity contribution is 7.21. The van der Waals surface area contributed by atoms with Gasteiger partial charge in [-0.25, -0.2) is 0 Å². The lowest BCUT2D eigenvalue weighted by Crippen LogP contribution is -2.26. The van der Waals surface area contributed by atoms with Crippen molar-refractivity contribution in [1.29, 1.82) is 0 Å². The summed E-state index contributed by atoms with van der Waals surface area (Å²) in [6.07, 6.45) is 0. The Hall–Kier alpha value is -2.18. The lowest BCUT2D eigenvalue weighted by atomic mass is 10.1. The van der Waals surface area contributed by atoms with Gasteiger partial charge in [0.25, 0.3) is 5.91 Å². The summed E-state index contributed by atoms with van der Waals surface area (Å²) in [5.41, 5.74) is 0.656. The smallest absolute Gasteiger partial charge is 0.387 e. The van der Waals surface area contributed by atoms with E-state index in [-0.39, 0.29) is 11.7 Å². The highest BCUT2D eigenvalue weighted by atomic mass is 35.5. The molecule has 0 radical (unpaired) electrons. The Labute approximate surface area is 152 Å². The van der Waals surface area contributed by atoms with Crippen LogP contribution < -0.4 is 10.1 Å². The molecule has 1 aromatic heterocycles. The van der Waals surface area contributed by atoms with Crippen LogP contribution in [0.5, 0.6) is 5.75 Å². The molecule has 7 heteroatoms. The number of thiophene rings is 1. The number of alkyl halides is 2. The predicted molar refractivity (Wildman–Crippen MR) is 95.8 cm³/mol. The molecule has 0 bridgehead atoms. The van der Waals surface area contributed by atoms with Crippen LogP contribution in [0.2, 0.25) is 5.02 Å². The van der Waals surface area contributed by atoms with E-state index in [9.17, 15) is 13.6 Å². The fourth-order valence-corrected chi connectivity index (χ4v) is 3.89. The van der Waals surface area contributed by atoms with Crippen molar-refractivity contribution in [3.63, 3.8) is 0 Å². The lowest BCUT2D eigenvalue weighted by Gasteiger charge is -2.15. The van der Waals surface area contributed by atoms with E-state index in [2.05, 4.69) is 10.1 Å². The maximum atomic E-state index is 12.5. The van der Waals surface area contributed by atoms with Crippen LogP contribution in [-0.2, 0) is 0 Å². The normalized spacial score (nSPS) is 12.4. The van der Waals surface area contributed by atoms with Gasteiger partial charge < -0.3 is 10.1 Å². The molecule has 0 saturated heterocycles. The van der Waals surface area contributed by atoms with Gasteiger partial charge in [0.1, 0.15) is 10.6 Å². The third-order valence-corrected chi connectivity index (χ3v) is 5.35. The van der Waals surface area contributed by atoms with Crippen molar-refractivity contribution >= 4 is 38.9 Å². The van der Waals surface area contributed by atoms with E-state index >= 15 is 0 Å². The van der Waals surface area contributed by atoms with Crippen molar-refractivity contribution < 1.29 is 18.3 Å². The zero-order valence-corrected chi connectivity index (χ0v) is 14.7. The summed E-state index contributed by atoms with van der Waals surface area (Å²) in [6.45, 7) is -1.13. The minimum atomic E-state index is -2.89. The van der Waals surface area contributed by atoms with Gasteiger partial charge in [-0.15, -0.1) is 11.3 Å². The van der Waals surface area contributed by atoms with Gasteiger partial charge in [-0.2, -0.15) is 8.78 Å². The number of rotatable bonds is 5. The number of fused-ring (bicyclic) bond motifs is 1. The van der Waals surface area contributed by atoms with Crippen molar-refractivity contribution in [1.82, 2.24) is 5.32 Å². The average Bonchev–Trinajstić information content (AvgIpc) is 2.92. The van der Waals surface area contributed by atoms with Gasteiger partial charge in [0, 0.05) is 10.1 Å². The summed E-state index contributed by atoms with van der Waals surface area (Å²) in [4.78, 5) is 13.0. The number of hydrogen-bond donors (Lipinski definition) is 1. The molecule has 3 nitrogen and oxygen atoms in total. The van der Waals surface area contributed by atoms with Gasteiger partial charge >= 0.3 is 6.61 Å². The summed E-state index contributed by atoms with van der Waals surface area (Å²) >= 11 is 7.62. The molecule has 130 valence electrons. The molecular formula is C18H14ClF2NO2S. The van der Waals surface area contributed by atoms with Crippen LogP contribution >= 0.6 is 22.9 Å². The quantitative estimate of drug-likeness (QED) is 0.620. The fourth-order valence-electron chi connectivity index (χ4n) is 2.47. The minimum absolute atomic E-state index is 0.0495. The number of carbonyl (C=O) groups excluding carboxylic acids is 1. The molecule has 0 fully saturated rings. The minimum Gasteiger partial charge on any atom is -0.435 e. The third kappa shape index (κ3) is 3.91. The predicted octanol–water partition coefficient (Wildman–Crippen LogP) is 5.65. The van der Waals surface area contributed by atoms with Gasteiger partial charge in [0.05, 0.1) is 11.1 Å². The largest absolute Gasteiger partial charge is 0.435 e. The molecule has 3 aromatic rings. The number of halogens is 3. The Morgan fingerprint density at radius 3 is 2.68 bits per heavy atom. The molecule has 1 N–H and O–H groups in total. The Bertz CT molecular complexity index is 913. The van der Waals surface area contributed by atoms with E-state index in [4.69, 9.17) is 11.6 Å². The maximum absolute atomic E-state index is 12.5. The Balaban J connectivity index is 1.79. The molecule has 25 heavy (non-hydrogen) atoms. The number of carbonyl (C=O) groups is 1. The molecule has 2 aromatic carbocycles. The summed E-state index contributed by atoms with van der Waals surface area (Å²) in [5.74, 6) is -0.257. The first-order valence-electron chi connectivity index (χ1n) is 7.48. The summed E-state index contributed by atoms with van der Waals surface area (Å²) in [6, 6.07) is 13.4. The monoisotopic (exact) mass is 381 g/mol. The number of benzene rings is 2. The Morgan fingerprint density at radius 2 is 1.96 bits per heavy atom. The van der Waals surface area contributed by atoms with Crippen LogP contribution in [-0.4, -0.2) is 12.5 Å². The van der Waals surface area contributed by atoms with Gasteiger partial charge in [0.15, 0.2) is 0 Å². The molecule has 0 aliphatic heterocycles. The molecule has 0 saturated carbocycles. The maximum Gasteiger partial charge on any atom is 0.387 e. The molecule has 1 amide bonds. The molecule has 1 atom stereocenters. The number of nitrogens with one attached hydrogen (secondary N) is 1. The van der Waals surface area contributed by atoms with Gasteiger partial charge in [0.2, 0.25) is 0 Å². The molecule has 0 spiro atoms. The van der Waals surface area contributed by atoms with Crippen LogP contribution in [0.1, 0.15) is 28.2 Å². The molecule has 0 aliphatic carbocycles. The second kappa shape index (κ2) is 7.37. The van der Waals surface area contributed by atoms with E-state index in [1.165, 1.54) is 23.5 Å². The number of amides is 1. The van der Waals surface area contributed by atoms with E-state index in [0.717, 1.165) is 10.1 Å². The average molecular weight is 382 g/mol. The van der Waals surface area contributed by atoms with E-state index in [1.54, 1.807) is 19.1 Å². The Kier molecular flexibility index (Phi) is 5.20. The van der Waals surface area contributed by atoms with Crippen molar-refractivity contribution in [2.45, 2.75) is 19.6 Å². The summed E-state index contributed by atoms with van der Waals surface area (Å²) < 4.78 is 30.0. The second-order valence-corrected chi connectivity index (χ2v) is 6.82. The molecule has 1 heterocycles. The van der Waals surface area contributed by atoms with Crippen molar-refractivity contribution in [2.24, 2.45) is 0 Å². The number of hydrogen-bond acceptors (Lipinski definition) is 3. The van der Waals surface area contributed by atoms with Crippen molar-refractivity contribution in [3.05, 3.63) is 64.0 Å². The van der Waals surface area contributed by atoms with Crippen molar-refractivity contribution in [2.75, 3.05) is 0 Å². The molecule has 3 rings (SSSR count). The molecular weight excluding hydrogens is 368 g/mol. The number of ether oxygens (including phenoxy) is 1. The van der Waals surface area contributed by atoms with Crippen LogP contribution in [0.25, 0.3) is 10.1 Å². The van der Waals surface area contributed by atoms with Gasteiger partial charge in [-0.05, 0) is 30.7 Å². The van der Waals surface area contributed by atoms with E-state index < -0.39 is 12.7 Å². The van der Waals surface area contributed by atoms with Crippen LogP contribution in [0, 0.1) is 0 Å². The van der Waals surface area contributed by atoms with Gasteiger partial charge in [-0.1, -0.05) is 41.9 Å².